The molecule has 0 radical (unpaired) electrons. The van der Waals surface area contributed by atoms with Crippen LogP contribution in [0.15, 0.2) is 29.2 Å². The van der Waals surface area contributed by atoms with Gasteiger partial charge in [0.2, 0.25) is 0 Å². The summed E-state index contributed by atoms with van der Waals surface area (Å²) in [5.74, 6) is 1.65. The molecule has 1 heterocycles. The Kier molecular flexibility index (Phi) is 4.82. The van der Waals surface area contributed by atoms with Crippen molar-refractivity contribution < 1.29 is 14.3 Å². The maximum Gasteiger partial charge on any atom is 0.326 e. The van der Waals surface area contributed by atoms with Gasteiger partial charge < -0.3 is 14.6 Å². The minimum atomic E-state index is -0.582. The Hall–Kier alpha value is -2.11. The van der Waals surface area contributed by atoms with E-state index in [2.05, 4.69) is 12.2 Å². The molecule has 0 aromatic carbocycles. The summed E-state index contributed by atoms with van der Waals surface area (Å²) in [5.41, 5.74) is -0.0412. The lowest BCUT2D eigenvalue weighted by Gasteiger charge is -2.59. The summed E-state index contributed by atoms with van der Waals surface area (Å²) in [4.78, 5) is 35.8. The molecule has 0 aliphatic heterocycles. The van der Waals surface area contributed by atoms with Crippen LogP contribution in [0.4, 0.5) is 0 Å². The van der Waals surface area contributed by atoms with Crippen LogP contribution in [-0.4, -0.2) is 29.1 Å². The summed E-state index contributed by atoms with van der Waals surface area (Å²) in [6.45, 7) is 1.63. The van der Waals surface area contributed by atoms with Gasteiger partial charge in [-0.2, -0.15) is 0 Å². The van der Waals surface area contributed by atoms with Gasteiger partial charge in [0, 0.05) is 18.3 Å². The highest BCUT2D eigenvalue weighted by molar-refractivity contribution is 5.80. The highest BCUT2D eigenvalue weighted by Crippen LogP contribution is 2.61. The predicted molar refractivity (Wildman–Crippen MR) is 99.9 cm³/mol. The highest BCUT2D eigenvalue weighted by Gasteiger charge is 2.53. The normalized spacial score (nSPS) is 32.1. The Morgan fingerprint density at radius 2 is 1.81 bits per heavy atom. The van der Waals surface area contributed by atoms with Crippen molar-refractivity contribution in [2.75, 3.05) is 6.61 Å². The second-order valence-electron chi connectivity index (χ2n) is 8.90. The summed E-state index contributed by atoms with van der Waals surface area (Å²) in [7, 11) is 0. The lowest BCUT2D eigenvalue weighted by molar-refractivity contribution is -0.150. The van der Waals surface area contributed by atoms with Gasteiger partial charge in [-0.1, -0.05) is 6.07 Å². The van der Waals surface area contributed by atoms with E-state index in [0.29, 0.717) is 0 Å². The maximum atomic E-state index is 12.3. The van der Waals surface area contributed by atoms with Crippen molar-refractivity contribution in [2.45, 2.75) is 58.0 Å². The van der Waals surface area contributed by atoms with Gasteiger partial charge in [0.1, 0.15) is 6.54 Å². The zero-order chi connectivity index (χ0) is 19.0. The molecule has 0 saturated heterocycles. The third-order valence-corrected chi connectivity index (χ3v) is 6.94. The van der Waals surface area contributed by atoms with E-state index in [-0.39, 0.29) is 36.1 Å². The third kappa shape index (κ3) is 3.80. The average Bonchev–Trinajstić information content (AvgIpc) is 2.61. The molecule has 6 nitrogen and oxygen atoms in total. The Bertz CT molecular complexity index is 749. The van der Waals surface area contributed by atoms with E-state index in [1.807, 2.05) is 0 Å². The second kappa shape index (κ2) is 7.13. The molecule has 1 aromatic rings. The van der Waals surface area contributed by atoms with Gasteiger partial charge in [-0.25, -0.2) is 0 Å². The van der Waals surface area contributed by atoms with Gasteiger partial charge in [0.25, 0.3) is 11.5 Å². The molecule has 5 rings (SSSR count). The van der Waals surface area contributed by atoms with Gasteiger partial charge in [-0.05, 0) is 74.7 Å². The molecule has 146 valence electrons. The molecule has 4 saturated carbocycles. The number of nitrogens with zero attached hydrogens (tertiary/aromatic N) is 1. The van der Waals surface area contributed by atoms with E-state index in [1.165, 1.54) is 55.4 Å². The zero-order valence-corrected chi connectivity index (χ0v) is 15.9. The SMILES string of the molecule is C[C@H](NC(=O)COC(=O)Cn1ccccc1=O)C12CC3CC(CC(C3)C1)C2. The molecule has 4 aliphatic rings. The second-order valence-corrected chi connectivity index (χ2v) is 8.90. The summed E-state index contributed by atoms with van der Waals surface area (Å²) >= 11 is 0. The van der Waals surface area contributed by atoms with Crippen molar-refractivity contribution in [3.8, 4) is 0 Å². The first kappa shape index (κ1) is 18.3. The Morgan fingerprint density at radius 3 is 2.41 bits per heavy atom. The fourth-order valence-electron chi connectivity index (χ4n) is 6.07. The maximum absolute atomic E-state index is 12.3. The summed E-state index contributed by atoms with van der Waals surface area (Å²) in [6.07, 6.45) is 9.30. The molecule has 6 heteroatoms. The monoisotopic (exact) mass is 372 g/mol. The highest BCUT2D eigenvalue weighted by atomic mass is 16.5. The zero-order valence-electron chi connectivity index (χ0n) is 15.9. The van der Waals surface area contributed by atoms with Crippen LogP contribution in [0.1, 0.15) is 45.4 Å². The van der Waals surface area contributed by atoms with Gasteiger partial charge in [0.15, 0.2) is 6.61 Å². The number of hydrogen-bond acceptors (Lipinski definition) is 4. The van der Waals surface area contributed by atoms with Crippen molar-refractivity contribution >= 4 is 11.9 Å². The molecule has 1 atom stereocenters. The first-order valence-corrected chi connectivity index (χ1v) is 10.0. The molecule has 4 aliphatic carbocycles. The number of aromatic nitrogens is 1. The number of carbonyl (C=O) groups excluding carboxylic acids is 2. The van der Waals surface area contributed by atoms with E-state index in [0.717, 1.165) is 17.8 Å². The first-order valence-electron chi connectivity index (χ1n) is 10.0. The Morgan fingerprint density at radius 1 is 1.19 bits per heavy atom. The number of nitrogens with one attached hydrogen (secondary N) is 1. The lowest BCUT2D eigenvalue weighted by Crippen LogP contribution is -2.56. The van der Waals surface area contributed by atoms with Gasteiger partial charge in [0.05, 0.1) is 0 Å². The number of rotatable bonds is 6. The molecule has 4 fully saturated rings. The first-order chi connectivity index (χ1) is 12.9. The Labute approximate surface area is 159 Å². The molecular formula is C21H28N2O4. The predicted octanol–water partition coefficient (Wildman–Crippen LogP) is 2.11. The number of ether oxygens (including phenoxy) is 1. The van der Waals surface area contributed by atoms with Crippen LogP contribution < -0.4 is 10.9 Å². The lowest BCUT2D eigenvalue weighted by atomic mass is 9.48. The van der Waals surface area contributed by atoms with Crippen LogP contribution in [0.25, 0.3) is 0 Å². The topological polar surface area (TPSA) is 77.4 Å². The van der Waals surface area contributed by atoms with Crippen molar-refractivity contribution in [1.29, 1.82) is 0 Å². The summed E-state index contributed by atoms with van der Waals surface area (Å²) in [6, 6.07) is 4.78. The fourth-order valence-corrected chi connectivity index (χ4v) is 6.07. The fraction of sp³-hybridized carbons (Fsp3) is 0.667. The minimum absolute atomic E-state index is 0.105. The van der Waals surface area contributed by atoms with E-state index in [1.54, 1.807) is 12.1 Å². The molecule has 1 N–H and O–H groups in total. The average molecular weight is 372 g/mol. The Balaban J connectivity index is 1.27. The van der Waals surface area contributed by atoms with Gasteiger partial charge in [-0.3, -0.25) is 14.4 Å². The van der Waals surface area contributed by atoms with Crippen LogP contribution in [0, 0.1) is 23.2 Å². The molecular weight excluding hydrogens is 344 g/mol. The minimum Gasteiger partial charge on any atom is -0.454 e. The van der Waals surface area contributed by atoms with Gasteiger partial charge in [-0.15, -0.1) is 0 Å². The van der Waals surface area contributed by atoms with Crippen LogP contribution in [0.3, 0.4) is 0 Å². The van der Waals surface area contributed by atoms with Crippen molar-refractivity contribution in [1.82, 2.24) is 9.88 Å². The quantitative estimate of drug-likeness (QED) is 0.776. The number of hydrogen-bond donors (Lipinski definition) is 1. The molecule has 27 heavy (non-hydrogen) atoms. The molecule has 1 amide bonds. The number of pyridine rings is 1. The van der Waals surface area contributed by atoms with Crippen LogP contribution in [-0.2, 0) is 20.9 Å². The van der Waals surface area contributed by atoms with Crippen LogP contribution >= 0.6 is 0 Å². The summed E-state index contributed by atoms with van der Waals surface area (Å²) in [5, 5.41) is 3.08. The summed E-state index contributed by atoms with van der Waals surface area (Å²) < 4.78 is 6.33. The van der Waals surface area contributed by atoms with Crippen molar-refractivity contribution in [2.24, 2.45) is 23.2 Å². The molecule has 1 aromatic heterocycles. The number of carbonyl (C=O) groups is 2. The molecule has 0 unspecified atom stereocenters. The third-order valence-electron chi connectivity index (χ3n) is 6.94. The van der Waals surface area contributed by atoms with E-state index >= 15 is 0 Å². The van der Waals surface area contributed by atoms with Crippen LogP contribution in [0.2, 0.25) is 0 Å². The van der Waals surface area contributed by atoms with Crippen LogP contribution in [0.5, 0.6) is 0 Å². The number of esters is 1. The molecule has 4 bridgehead atoms. The standard InChI is InChI=1S/C21H28N2O4/c1-14(21-9-15-6-16(10-21)8-17(7-15)11-21)22-18(24)13-27-20(26)12-23-5-3-2-4-19(23)25/h2-5,14-17H,6-13H2,1H3,(H,22,24)/t14-,15?,16?,17?,21?/m0/s1. The largest absolute Gasteiger partial charge is 0.454 e. The number of amides is 1. The van der Waals surface area contributed by atoms with Crippen molar-refractivity contribution in [3.05, 3.63) is 34.7 Å². The van der Waals surface area contributed by atoms with E-state index < -0.39 is 5.97 Å². The van der Waals surface area contributed by atoms with E-state index in [4.69, 9.17) is 4.74 Å². The smallest absolute Gasteiger partial charge is 0.326 e. The van der Waals surface area contributed by atoms with Gasteiger partial charge >= 0.3 is 5.97 Å². The van der Waals surface area contributed by atoms with Crippen molar-refractivity contribution in [3.63, 3.8) is 0 Å². The van der Waals surface area contributed by atoms with E-state index in [9.17, 15) is 14.4 Å². The molecule has 0 spiro atoms.